The monoisotopic (exact) mass is 268 g/mol. The van der Waals surface area contributed by atoms with Gasteiger partial charge in [0, 0.05) is 19.1 Å². The van der Waals surface area contributed by atoms with Crippen LogP contribution in [0.1, 0.15) is 60.3 Å². The van der Waals surface area contributed by atoms with Crippen LogP contribution in [-0.2, 0) is 0 Å². The Morgan fingerprint density at radius 1 is 1.21 bits per heavy atom. The molecule has 0 bridgehead atoms. The Labute approximate surface area is 121 Å². The molecule has 1 N–H and O–H groups in total. The van der Waals surface area contributed by atoms with E-state index in [0.717, 1.165) is 17.9 Å². The van der Waals surface area contributed by atoms with Crippen molar-refractivity contribution in [3.8, 4) is 0 Å². The zero-order chi connectivity index (χ0) is 14.5. The Hall–Kier alpha value is -0.0800. The highest BCUT2D eigenvalue weighted by Gasteiger charge is 2.29. The molecule has 0 aromatic carbocycles. The first-order valence-corrected chi connectivity index (χ1v) is 8.23. The maximum absolute atomic E-state index is 3.78. The third kappa shape index (κ3) is 6.76. The quantitative estimate of drug-likeness (QED) is 0.789. The molecule has 0 heterocycles. The van der Waals surface area contributed by atoms with Gasteiger partial charge in [-0.25, -0.2) is 0 Å². The van der Waals surface area contributed by atoms with Gasteiger partial charge in [0.25, 0.3) is 0 Å². The van der Waals surface area contributed by atoms with Crippen molar-refractivity contribution < 1.29 is 0 Å². The third-order valence-corrected chi connectivity index (χ3v) is 4.19. The predicted molar refractivity (Wildman–Crippen MR) is 85.5 cm³/mol. The molecule has 1 rings (SSSR count). The van der Waals surface area contributed by atoms with Crippen molar-refractivity contribution in [1.29, 1.82) is 0 Å². The summed E-state index contributed by atoms with van der Waals surface area (Å²) in [5, 5.41) is 3.78. The molecule has 0 aromatic rings. The summed E-state index contributed by atoms with van der Waals surface area (Å²) in [5.41, 5.74) is 0.404. The second kappa shape index (κ2) is 7.64. The lowest BCUT2D eigenvalue weighted by Crippen LogP contribution is -2.46. The summed E-state index contributed by atoms with van der Waals surface area (Å²) >= 11 is 0. The molecule has 3 unspecified atom stereocenters. The maximum Gasteiger partial charge on any atom is 0.0108 e. The average Bonchev–Trinajstić information content (AvgIpc) is 2.25. The lowest BCUT2D eigenvalue weighted by molar-refractivity contribution is 0.136. The molecule has 0 aromatic heterocycles. The van der Waals surface area contributed by atoms with Gasteiger partial charge in [0.15, 0.2) is 0 Å². The van der Waals surface area contributed by atoms with Crippen molar-refractivity contribution in [1.82, 2.24) is 10.2 Å². The SMILES string of the molecule is CCCNC1CCC(C)CC1CN(C)CC(C)(C)C. The van der Waals surface area contributed by atoms with Crippen molar-refractivity contribution >= 4 is 0 Å². The number of nitrogens with one attached hydrogen (secondary N) is 1. The fourth-order valence-corrected chi connectivity index (χ4v) is 3.57. The van der Waals surface area contributed by atoms with Gasteiger partial charge < -0.3 is 10.2 Å². The van der Waals surface area contributed by atoms with Crippen LogP contribution in [-0.4, -0.2) is 37.6 Å². The normalized spacial score (nSPS) is 28.9. The minimum atomic E-state index is 0.404. The highest BCUT2D eigenvalue weighted by molar-refractivity contribution is 4.85. The number of rotatable bonds is 6. The van der Waals surface area contributed by atoms with Crippen LogP contribution in [0.3, 0.4) is 0 Å². The molecule has 2 nitrogen and oxygen atoms in total. The van der Waals surface area contributed by atoms with Gasteiger partial charge in [-0.1, -0.05) is 34.6 Å². The second-order valence-corrected chi connectivity index (χ2v) is 8.00. The van der Waals surface area contributed by atoms with E-state index >= 15 is 0 Å². The van der Waals surface area contributed by atoms with E-state index in [0.29, 0.717) is 5.41 Å². The molecule has 1 aliphatic carbocycles. The summed E-state index contributed by atoms with van der Waals surface area (Å²) in [5.74, 6) is 1.75. The van der Waals surface area contributed by atoms with Gasteiger partial charge in [-0.05, 0) is 56.5 Å². The van der Waals surface area contributed by atoms with Crippen LogP contribution in [0, 0.1) is 17.3 Å². The maximum atomic E-state index is 3.78. The molecule has 0 aliphatic heterocycles. The van der Waals surface area contributed by atoms with Crippen molar-refractivity contribution in [3.63, 3.8) is 0 Å². The molecule has 0 amide bonds. The standard InChI is InChI=1S/C17H36N2/c1-7-10-18-16-9-8-14(2)11-15(16)12-19(6)13-17(3,4)5/h14-16,18H,7-13H2,1-6H3. The molecule has 1 saturated carbocycles. The first-order chi connectivity index (χ1) is 8.81. The third-order valence-electron chi connectivity index (χ3n) is 4.19. The van der Waals surface area contributed by atoms with Crippen LogP contribution < -0.4 is 5.32 Å². The number of nitrogens with zero attached hydrogens (tertiary/aromatic N) is 1. The topological polar surface area (TPSA) is 15.3 Å². The van der Waals surface area contributed by atoms with E-state index in [9.17, 15) is 0 Å². The van der Waals surface area contributed by atoms with E-state index in [1.54, 1.807) is 0 Å². The fraction of sp³-hybridized carbons (Fsp3) is 1.00. The van der Waals surface area contributed by atoms with Crippen LogP contribution in [0.4, 0.5) is 0 Å². The molecule has 0 saturated heterocycles. The van der Waals surface area contributed by atoms with Gasteiger partial charge in [0.05, 0.1) is 0 Å². The number of hydrogen-bond acceptors (Lipinski definition) is 2. The molecular formula is C17H36N2. The summed E-state index contributed by atoms with van der Waals surface area (Å²) in [7, 11) is 2.29. The minimum absolute atomic E-state index is 0.404. The Morgan fingerprint density at radius 3 is 2.47 bits per heavy atom. The average molecular weight is 268 g/mol. The van der Waals surface area contributed by atoms with Crippen LogP contribution in [0.5, 0.6) is 0 Å². The predicted octanol–water partition coefficient (Wildman–Crippen LogP) is 3.77. The molecule has 0 spiro atoms. The minimum Gasteiger partial charge on any atom is -0.314 e. The molecule has 0 radical (unpaired) electrons. The Morgan fingerprint density at radius 2 is 1.89 bits per heavy atom. The van der Waals surface area contributed by atoms with E-state index in [1.807, 2.05) is 0 Å². The van der Waals surface area contributed by atoms with E-state index in [-0.39, 0.29) is 0 Å². The second-order valence-electron chi connectivity index (χ2n) is 8.00. The first kappa shape index (κ1) is 17.0. The van der Waals surface area contributed by atoms with Crippen LogP contribution in [0.25, 0.3) is 0 Å². The summed E-state index contributed by atoms with van der Waals surface area (Å²) in [6.45, 7) is 15.3. The molecule has 19 heavy (non-hydrogen) atoms. The van der Waals surface area contributed by atoms with E-state index in [1.165, 1.54) is 45.3 Å². The molecule has 1 fully saturated rings. The van der Waals surface area contributed by atoms with E-state index < -0.39 is 0 Å². The van der Waals surface area contributed by atoms with Crippen LogP contribution in [0.15, 0.2) is 0 Å². The van der Waals surface area contributed by atoms with Crippen molar-refractivity contribution in [3.05, 3.63) is 0 Å². The van der Waals surface area contributed by atoms with Crippen molar-refractivity contribution in [2.45, 2.75) is 66.3 Å². The van der Waals surface area contributed by atoms with Crippen molar-refractivity contribution in [2.75, 3.05) is 26.7 Å². The lowest BCUT2D eigenvalue weighted by Gasteiger charge is -2.39. The molecular weight excluding hydrogens is 232 g/mol. The lowest BCUT2D eigenvalue weighted by atomic mass is 9.78. The van der Waals surface area contributed by atoms with Crippen LogP contribution in [0.2, 0.25) is 0 Å². The fourth-order valence-electron chi connectivity index (χ4n) is 3.57. The zero-order valence-electron chi connectivity index (χ0n) is 14.1. The summed E-state index contributed by atoms with van der Waals surface area (Å²) < 4.78 is 0. The zero-order valence-corrected chi connectivity index (χ0v) is 14.1. The number of hydrogen-bond donors (Lipinski definition) is 1. The largest absolute Gasteiger partial charge is 0.314 e. The molecule has 1 aliphatic rings. The molecule has 2 heteroatoms. The first-order valence-electron chi connectivity index (χ1n) is 8.23. The smallest absolute Gasteiger partial charge is 0.0108 e. The van der Waals surface area contributed by atoms with Gasteiger partial charge in [-0.2, -0.15) is 0 Å². The molecule has 3 atom stereocenters. The Bertz CT molecular complexity index is 242. The van der Waals surface area contributed by atoms with Crippen LogP contribution >= 0.6 is 0 Å². The molecule has 114 valence electrons. The van der Waals surface area contributed by atoms with E-state index in [4.69, 9.17) is 0 Å². The van der Waals surface area contributed by atoms with Gasteiger partial charge in [0.1, 0.15) is 0 Å². The Balaban J connectivity index is 2.49. The summed E-state index contributed by atoms with van der Waals surface area (Å²) in [6, 6.07) is 0.749. The van der Waals surface area contributed by atoms with Gasteiger partial charge in [0.2, 0.25) is 0 Å². The van der Waals surface area contributed by atoms with E-state index in [2.05, 4.69) is 51.9 Å². The Kier molecular flexibility index (Phi) is 6.82. The van der Waals surface area contributed by atoms with Gasteiger partial charge in [-0.3, -0.25) is 0 Å². The van der Waals surface area contributed by atoms with Crippen molar-refractivity contribution in [2.24, 2.45) is 17.3 Å². The summed E-state index contributed by atoms with van der Waals surface area (Å²) in [6.07, 6.45) is 5.42. The highest BCUT2D eigenvalue weighted by atomic mass is 15.1. The summed E-state index contributed by atoms with van der Waals surface area (Å²) in [4.78, 5) is 2.54. The van der Waals surface area contributed by atoms with Gasteiger partial charge >= 0.3 is 0 Å². The van der Waals surface area contributed by atoms with Gasteiger partial charge in [-0.15, -0.1) is 0 Å². The highest BCUT2D eigenvalue weighted by Crippen LogP contribution is 2.30.